The van der Waals surface area contributed by atoms with Gasteiger partial charge in [0, 0.05) is 16.1 Å². The van der Waals surface area contributed by atoms with E-state index in [4.69, 9.17) is 25.2 Å². The number of aryl methyl sites for hydroxylation is 1. The van der Waals surface area contributed by atoms with Gasteiger partial charge in [0.25, 0.3) is 5.91 Å². The van der Waals surface area contributed by atoms with Gasteiger partial charge in [-0.3, -0.25) is 4.79 Å². The highest BCUT2D eigenvalue weighted by Crippen LogP contribution is 2.33. The maximum absolute atomic E-state index is 12.8. The van der Waals surface area contributed by atoms with Crippen molar-refractivity contribution in [3.8, 4) is 28.4 Å². The van der Waals surface area contributed by atoms with Crippen molar-refractivity contribution >= 4 is 23.2 Å². The molecule has 1 amide bonds. The van der Waals surface area contributed by atoms with Crippen molar-refractivity contribution in [2.45, 2.75) is 13.5 Å². The molecule has 0 unspecified atom stereocenters. The zero-order valence-corrected chi connectivity index (χ0v) is 17.7. The minimum atomic E-state index is -0.421. The Morgan fingerprint density at radius 2 is 1.71 bits per heavy atom. The molecule has 0 saturated carbocycles. The summed E-state index contributed by atoms with van der Waals surface area (Å²) in [5.74, 6) is 1.78. The lowest BCUT2D eigenvalue weighted by Crippen LogP contribution is -2.11. The summed E-state index contributed by atoms with van der Waals surface area (Å²) >= 11 is 6.19. The largest absolute Gasteiger partial charge is 0.495 e. The Morgan fingerprint density at radius 1 is 1.00 bits per heavy atom. The number of carbonyl (C=O) groups is 1. The molecule has 2 N–H and O–H groups in total. The first kappa shape index (κ1) is 20.8. The number of furan rings is 2. The van der Waals surface area contributed by atoms with Crippen molar-refractivity contribution in [2.75, 3.05) is 12.4 Å². The number of nitrogens with one attached hydrogen (secondary N) is 1. The van der Waals surface area contributed by atoms with Gasteiger partial charge >= 0.3 is 0 Å². The van der Waals surface area contributed by atoms with Gasteiger partial charge in [-0.05, 0) is 61.0 Å². The van der Waals surface area contributed by atoms with Crippen molar-refractivity contribution in [3.63, 3.8) is 0 Å². The lowest BCUT2D eigenvalue weighted by molar-refractivity contribution is 0.0997. The molecule has 2 heterocycles. The predicted octanol–water partition coefficient (Wildman–Crippen LogP) is 5.92. The lowest BCUT2D eigenvalue weighted by Gasteiger charge is -2.11. The summed E-state index contributed by atoms with van der Waals surface area (Å²) in [5.41, 5.74) is 2.94. The number of benzene rings is 2. The summed E-state index contributed by atoms with van der Waals surface area (Å²) in [6, 6.07) is 17.6. The van der Waals surface area contributed by atoms with Crippen LogP contribution in [-0.2, 0) is 6.61 Å². The van der Waals surface area contributed by atoms with Gasteiger partial charge in [0.2, 0.25) is 0 Å². The number of methoxy groups -OCH3 is 1. The summed E-state index contributed by atoms with van der Waals surface area (Å²) in [6.07, 6.45) is 0. The highest BCUT2D eigenvalue weighted by molar-refractivity contribution is 6.31. The topological polar surface area (TPSA) is 84.8 Å². The minimum Gasteiger partial charge on any atom is -0.495 e. The third-order valence-electron chi connectivity index (χ3n) is 4.84. The van der Waals surface area contributed by atoms with E-state index in [0.29, 0.717) is 33.7 Å². The number of anilines is 1. The van der Waals surface area contributed by atoms with E-state index in [2.05, 4.69) is 5.32 Å². The van der Waals surface area contributed by atoms with E-state index in [-0.39, 0.29) is 12.4 Å². The van der Waals surface area contributed by atoms with Crippen LogP contribution in [-0.4, -0.2) is 18.1 Å². The number of carbonyl (C=O) groups excluding carboxylic acids is 1. The number of ether oxygens (including phenoxy) is 1. The lowest BCUT2D eigenvalue weighted by atomic mass is 10.1. The second kappa shape index (κ2) is 8.71. The van der Waals surface area contributed by atoms with Crippen molar-refractivity contribution in [1.82, 2.24) is 0 Å². The fourth-order valence-electron chi connectivity index (χ4n) is 3.12. The Kier molecular flexibility index (Phi) is 5.84. The maximum Gasteiger partial charge on any atom is 0.291 e. The molecule has 0 fully saturated rings. The molecule has 4 rings (SSSR count). The fraction of sp³-hybridized carbons (Fsp3) is 0.125. The molecule has 0 saturated heterocycles. The smallest absolute Gasteiger partial charge is 0.291 e. The molecule has 31 heavy (non-hydrogen) atoms. The zero-order chi connectivity index (χ0) is 22.0. The van der Waals surface area contributed by atoms with Gasteiger partial charge in [-0.1, -0.05) is 23.7 Å². The van der Waals surface area contributed by atoms with Crippen LogP contribution in [0.2, 0.25) is 5.02 Å². The Morgan fingerprint density at radius 3 is 2.42 bits per heavy atom. The average molecular weight is 438 g/mol. The quantitative estimate of drug-likeness (QED) is 0.391. The van der Waals surface area contributed by atoms with Crippen LogP contribution in [0.4, 0.5) is 5.69 Å². The van der Waals surface area contributed by atoms with Crippen LogP contribution in [0.15, 0.2) is 69.5 Å². The number of rotatable bonds is 6. The van der Waals surface area contributed by atoms with Crippen molar-refractivity contribution < 1.29 is 23.5 Å². The van der Waals surface area contributed by atoms with E-state index in [9.17, 15) is 9.90 Å². The molecule has 2 aromatic heterocycles. The first-order valence-electron chi connectivity index (χ1n) is 9.54. The number of aliphatic hydroxyl groups excluding tert-OH is 1. The van der Waals surface area contributed by atoms with Crippen LogP contribution in [0, 0.1) is 6.92 Å². The minimum absolute atomic E-state index is 0.153. The molecular formula is C24H20ClNO5. The van der Waals surface area contributed by atoms with Gasteiger partial charge in [0.15, 0.2) is 5.76 Å². The summed E-state index contributed by atoms with van der Waals surface area (Å²) in [6.45, 7) is 1.73. The van der Waals surface area contributed by atoms with Gasteiger partial charge in [-0.25, -0.2) is 0 Å². The summed E-state index contributed by atoms with van der Waals surface area (Å²) < 4.78 is 16.7. The predicted molar refractivity (Wildman–Crippen MR) is 118 cm³/mol. The second-order valence-electron chi connectivity index (χ2n) is 6.92. The van der Waals surface area contributed by atoms with E-state index >= 15 is 0 Å². The Labute approximate surface area is 184 Å². The number of hydrogen-bond donors (Lipinski definition) is 2. The highest BCUT2D eigenvalue weighted by Gasteiger charge is 2.16. The second-order valence-corrected chi connectivity index (χ2v) is 7.33. The van der Waals surface area contributed by atoms with E-state index in [0.717, 1.165) is 16.7 Å². The molecule has 0 aliphatic heterocycles. The van der Waals surface area contributed by atoms with Gasteiger partial charge in [0.05, 0.1) is 12.8 Å². The molecule has 6 nitrogen and oxygen atoms in total. The fourth-order valence-corrected chi connectivity index (χ4v) is 3.30. The molecule has 0 aliphatic rings. The van der Waals surface area contributed by atoms with Gasteiger partial charge < -0.3 is 24.0 Å². The molecule has 2 aromatic carbocycles. The molecular weight excluding hydrogens is 418 g/mol. The summed E-state index contributed by atoms with van der Waals surface area (Å²) in [5, 5.41) is 12.7. The number of hydrogen-bond acceptors (Lipinski definition) is 5. The van der Waals surface area contributed by atoms with E-state index in [1.807, 2.05) is 19.1 Å². The molecule has 0 spiro atoms. The van der Waals surface area contributed by atoms with Gasteiger partial charge in [-0.2, -0.15) is 0 Å². The van der Waals surface area contributed by atoms with Crippen molar-refractivity contribution in [1.29, 1.82) is 0 Å². The Balaban J connectivity index is 1.58. The SMILES string of the molecule is COc1ccc(-c2ccc(CO)o2)cc1NC(=O)c1ccc(-c2ccc(C)c(Cl)c2)o1. The van der Waals surface area contributed by atoms with Crippen molar-refractivity contribution in [3.05, 3.63) is 82.8 Å². The molecule has 4 aromatic rings. The van der Waals surface area contributed by atoms with Crippen LogP contribution >= 0.6 is 11.6 Å². The molecule has 0 atom stereocenters. The van der Waals surface area contributed by atoms with Gasteiger partial charge in [0.1, 0.15) is 29.6 Å². The Bertz CT molecular complexity index is 1240. The normalized spacial score (nSPS) is 10.8. The first-order valence-corrected chi connectivity index (χ1v) is 9.92. The van der Waals surface area contributed by atoms with E-state index < -0.39 is 5.91 Å². The molecule has 158 valence electrons. The standard InChI is InChI=1S/C24H20ClNO5/c1-14-3-4-15(11-18(14)25)21-9-10-23(31-21)24(28)26-19-12-16(5-7-22(19)29-2)20-8-6-17(13-27)30-20/h3-12,27H,13H2,1-2H3,(H,26,28). The van der Waals surface area contributed by atoms with Crippen LogP contribution in [0.3, 0.4) is 0 Å². The van der Waals surface area contributed by atoms with E-state index in [1.165, 1.54) is 7.11 Å². The highest BCUT2D eigenvalue weighted by atomic mass is 35.5. The van der Waals surface area contributed by atoms with E-state index in [1.54, 1.807) is 48.5 Å². The van der Waals surface area contributed by atoms with Gasteiger partial charge in [-0.15, -0.1) is 0 Å². The first-order chi connectivity index (χ1) is 15.0. The maximum atomic E-state index is 12.8. The molecule has 0 aliphatic carbocycles. The van der Waals surface area contributed by atoms with Crippen LogP contribution in [0.1, 0.15) is 21.9 Å². The van der Waals surface area contributed by atoms with Crippen LogP contribution in [0.5, 0.6) is 5.75 Å². The van der Waals surface area contributed by atoms with Crippen LogP contribution in [0.25, 0.3) is 22.6 Å². The third-order valence-corrected chi connectivity index (χ3v) is 5.24. The number of halogens is 1. The number of aliphatic hydroxyl groups is 1. The third kappa shape index (κ3) is 4.35. The summed E-state index contributed by atoms with van der Waals surface area (Å²) in [7, 11) is 1.52. The molecule has 0 radical (unpaired) electrons. The van der Waals surface area contributed by atoms with Crippen molar-refractivity contribution in [2.24, 2.45) is 0 Å². The molecule has 7 heteroatoms. The summed E-state index contributed by atoms with van der Waals surface area (Å²) in [4.78, 5) is 12.8. The zero-order valence-electron chi connectivity index (χ0n) is 16.9. The average Bonchev–Trinajstić information content (AvgIpc) is 3.45. The monoisotopic (exact) mass is 437 g/mol. The number of amides is 1. The van der Waals surface area contributed by atoms with Crippen LogP contribution < -0.4 is 10.1 Å². The Hall–Kier alpha value is -3.48. The molecule has 0 bridgehead atoms.